The fourth-order valence-corrected chi connectivity index (χ4v) is 1.81. The summed E-state index contributed by atoms with van der Waals surface area (Å²) in [6.45, 7) is 3.46. The topological polar surface area (TPSA) is 69.6 Å². The summed E-state index contributed by atoms with van der Waals surface area (Å²) in [6, 6.07) is 7.13. The lowest BCUT2D eigenvalue weighted by molar-refractivity contribution is -0.128. The van der Waals surface area contributed by atoms with E-state index in [9.17, 15) is 14.7 Å². The molecular weight excluding hydrogens is 232 g/mol. The highest BCUT2D eigenvalue weighted by molar-refractivity contribution is 5.98. The second-order valence-corrected chi connectivity index (χ2v) is 4.92. The predicted molar refractivity (Wildman–Crippen MR) is 65.6 cm³/mol. The predicted octanol–water partition coefficient (Wildman–Crippen LogP) is 0.481. The number of rotatable bonds is 2. The van der Waals surface area contributed by atoms with Crippen LogP contribution in [0.3, 0.4) is 0 Å². The second kappa shape index (κ2) is 4.42. The fourth-order valence-electron chi connectivity index (χ4n) is 1.81. The molecule has 0 spiro atoms. The van der Waals surface area contributed by atoms with E-state index in [1.807, 2.05) is 19.1 Å². The van der Waals surface area contributed by atoms with Gasteiger partial charge in [-0.1, -0.05) is 17.7 Å². The Hall–Kier alpha value is -1.88. The van der Waals surface area contributed by atoms with Crippen molar-refractivity contribution in [3.63, 3.8) is 0 Å². The Morgan fingerprint density at radius 2 is 2.06 bits per heavy atom. The van der Waals surface area contributed by atoms with Crippen LogP contribution in [0.4, 0.5) is 0 Å². The van der Waals surface area contributed by atoms with Gasteiger partial charge in [0.2, 0.25) is 5.91 Å². The maximum atomic E-state index is 12.1. The summed E-state index contributed by atoms with van der Waals surface area (Å²) in [4.78, 5) is 23.8. The molecule has 1 aromatic carbocycles. The highest BCUT2D eigenvalue weighted by Crippen LogP contribution is 2.23. The molecule has 1 fully saturated rings. The number of aryl methyl sites for hydroxylation is 1. The molecule has 1 heterocycles. The number of carbonyl (C=O) groups is 2. The zero-order valence-corrected chi connectivity index (χ0v) is 10.4. The second-order valence-electron chi connectivity index (χ2n) is 4.92. The van der Waals surface area contributed by atoms with Gasteiger partial charge in [0, 0.05) is 5.56 Å². The van der Waals surface area contributed by atoms with Crippen LogP contribution >= 0.6 is 0 Å². The average molecular weight is 248 g/mol. The molecule has 1 unspecified atom stereocenters. The zero-order valence-electron chi connectivity index (χ0n) is 10.4. The first-order valence-electron chi connectivity index (χ1n) is 5.77. The van der Waals surface area contributed by atoms with Gasteiger partial charge in [-0.15, -0.1) is 0 Å². The highest BCUT2D eigenvalue weighted by Gasteiger charge is 2.43. The van der Waals surface area contributed by atoms with Gasteiger partial charge < -0.3 is 5.11 Å². The SMILES string of the molecule is Cc1ccc(C(=O)N2CC(C)(CO)C(=O)N2)cc1. The van der Waals surface area contributed by atoms with Crippen molar-refractivity contribution in [2.24, 2.45) is 5.41 Å². The number of amides is 2. The molecule has 5 heteroatoms. The Balaban J connectivity index is 2.17. The van der Waals surface area contributed by atoms with Crippen molar-refractivity contribution >= 4 is 11.8 Å². The van der Waals surface area contributed by atoms with Crippen molar-refractivity contribution in [1.82, 2.24) is 10.4 Å². The molecule has 1 atom stereocenters. The van der Waals surface area contributed by atoms with Crippen LogP contribution in [0, 0.1) is 12.3 Å². The minimum absolute atomic E-state index is 0.176. The van der Waals surface area contributed by atoms with Crippen LogP contribution in [0.5, 0.6) is 0 Å². The van der Waals surface area contributed by atoms with Gasteiger partial charge in [0.15, 0.2) is 0 Å². The molecule has 0 bridgehead atoms. The molecule has 2 amide bonds. The van der Waals surface area contributed by atoms with Crippen molar-refractivity contribution in [2.45, 2.75) is 13.8 Å². The van der Waals surface area contributed by atoms with Crippen LogP contribution < -0.4 is 5.43 Å². The normalized spacial score (nSPS) is 23.1. The van der Waals surface area contributed by atoms with Gasteiger partial charge in [0.1, 0.15) is 0 Å². The summed E-state index contributed by atoms with van der Waals surface area (Å²) >= 11 is 0. The third-order valence-electron chi connectivity index (χ3n) is 3.18. The quantitative estimate of drug-likeness (QED) is 0.800. The van der Waals surface area contributed by atoms with E-state index < -0.39 is 5.41 Å². The smallest absolute Gasteiger partial charge is 0.272 e. The van der Waals surface area contributed by atoms with Crippen LogP contribution in [-0.4, -0.2) is 35.1 Å². The largest absolute Gasteiger partial charge is 0.395 e. The molecule has 1 saturated heterocycles. The first-order chi connectivity index (χ1) is 8.46. The van der Waals surface area contributed by atoms with E-state index in [4.69, 9.17) is 0 Å². The number of hydrazine groups is 1. The molecule has 0 aliphatic carbocycles. The number of hydrogen-bond donors (Lipinski definition) is 2. The number of carbonyl (C=O) groups excluding carboxylic acids is 2. The van der Waals surface area contributed by atoms with Crippen LogP contribution in [-0.2, 0) is 4.79 Å². The third-order valence-corrected chi connectivity index (χ3v) is 3.18. The molecule has 1 aromatic rings. The Bertz CT molecular complexity index is 484. The number of benzene rings is 1. The van der Waals surface area contributed by atoms with Crippen LogP contribution in [0.25, 0.3) is 0 Å². The van der Waals surface area contributed by atoms with Gasteiger partial charge in [-0.3, -0.25) is 15.0 Å². The van der Waals surface area contributed by atoms with Crippen molar-refractivity contribution in [2.75, 3.05) is 13.2 Å². The molecule has 0 aromatic heterocycles. The average Bonchev–Trinajstić information content (AvgIpc) is 2.67. The summed E-state index contributed by atoms with van der Waals surface area (Å²) in [5, 5.41) is 10.5. The summed E-state index contributed by atoms with van der Waals surface area (Å²) in [7, 11) is 0. The van der Waals surface area contributed by atoms with E-state index in [2.05, 4.69) is 5.43 Å². The zero-order chi connectivity index (χ0) is 13.3. The van der Waals surface area contributed by atoms with Crippen LogP contribution in [0.2, 0.25) is 0 Å². The maximum Gasteiger partial charge on any atom is 0.272 e. The Morgan fingerprint density at radius 1 is 1.44 bits per heavy atom. The van der Waals surface area contributed by atoms with Crippen molar-refractivity contribution in [3.05, 3.63) is 35.4 Å². The minimum atomic E-state index is -0.916. The molecule has 2 N–H and O–H groups in total. The third kappa shape index (κ3) is 2.09. The lowest BCUT2D eigenvalue weighted by Gasteiger charge is -2.18. The molecule has 5 nitrogen and oxygen atoms in total. The van der Waals surface area contributed by atoms with Crippen molar-refractivity contribution < 1.29 is 14.7 Å². The van der Waals surface area contributed by atoms with E-state index in [1.54, 1.807) is 19.1 Å². The Labute approximate surface area is 105 Å². The standard InChI is InChI=1S/C13H16N2O3/c1-9-3-5-10(6-4-9)11(17)15-7-13(2,8-16)12(18)14-15/h3-6,16H,7-8H2,1-2H3,(H,14,18). The van der Waals surface area contributed by atoms with E-state index in [0.717, 1.165) is 5.56 Å². The van der Waals surface area contributed by atoms with Gasteiger partial charge in [0.25, 0.3) is 5.91 Å². The van der Waals surface area contributed by atoms with Gasteiger partial charge in [-0.2, -0.15) is 0 Å². The number of nitrogens with one attached hydrogen (secondary N) is 1. The van der Waals surface area contributed by atoms with Gasteiger partial charge in [-0.05, 0) is 26.0 Å². The summed E-state index contributed by atoms with van der Waals surface area (Å²) < 4.78 is 0. The lowest BCUT2D eigenvalue weighted by Crippen LogP contribution is -2.38. The molecule has 1 aliphatic rings. The van der Waals surface area contributed by atoms with E-state index in [1.165, 1.54) is 5.01 Å². The highest BCUT2D eigenvalue weighted by atomic mass is 16.3. The molecular formula is C13H16N2O3. The van der Waals surface area contributed by atoms with Gasteiger partial charge in [-0.25, -0.2) is 5.01 Å². The molecule has 2 rings (SSSR count). The molecule has 18 heavy (non-hydrogen) atoms. The molecule has 96 valence electrons. The Morgan fingerprint density at radius 3 is 2.56 bits per heavy atom. The van der Waals surface area contributed by atoms with E-state index in [0.29, 0.717) is 5.56 Å². The first kappa shape index (κ1) is 12.6. The summed E-state index contributed by atoms with van der Waals surface area (Å²) in [5.74, 6) is -0.592. The number of aliphatic hydroxyl groups is 1. The number of nitrogens with zero attached hydrogens (tertiary/aromatic N) is 1. The minimum Gasteiger partial charge on any atom is -0.395 e. The van der Waals surface area contributed by atoms with Crippen LogP contribution in [0.1, 0.15) is 22.8 Å². The van der Waals surface area contributed by atoms with Crippen molar-refractivity contribution in [1.29, 1.82) is 0 Å². The van der Waals surface area contributed by atoms with Crippen molar-refractivity contribution in [3.8, 4) is 0 Å². The van der Waals surface area contributed by atoms with E-state index >= 15 is 0 Å². The Kier molecular flexibility index (Phi) is 3.09. The monoisotopic (exact) mass is 248 g/mol. The summed E-state index contributed by atoms with van der Waals surface area (Å²) in [5.41, 5.74) is 3.16. The lowest BCUT2D eigenvalue weighted by atomic mass is 9.92. The van der Waals surface area contributed by atoms with Gasteiger partial charge >= 0.3 is 0 Å². The number of hydrogen-bond acceptors (Lipinski definition) is 3. The molecule has 0 saturated carbocycles. The summed E-state index contributed by atoms with van der Waals surface area (Å²) in [6.07, 6.45) is 0. The molecule has 0 radical (unpaired) electrons. The number of aliphatic hydroxyl groups excluding tert-OH is 1. The van der Waals surface area contributed by atoms with Gasteiger partial charge in [0.05, 0.1) is 18.6 Å². The fraction of sp³-hybridized carbons (Fsp3) is 0.385. The maximum absolute atomic E-state index is 12.1. The van der Waals surface area contributed by atoms with Crippen LogP contribution in [0.15, 0.2) is 24.3 Å². The van der Waals surface area contributed by atoms with E-state index in [-0.39, 0.29) is 25.0 Å². The molecule has 1 aliphatic heterocycles. The first-order valence-corrected chi connectivity index (χ1v) is 5.77.